The molecule has 0 aliphatic heterocycles. The fraction of sp³-hybridized carbons (Fsp3) is 0.571. The van der Waals surface area contributed by atoms with E-state index in [4.69, 9.17) is 4.74 Å². The maximum Gasteiger partial charge on any atom is 0.407 e. The van der Waals surface area contributed by atoms with Crippen molar-refractivity contribution in [3.05, 3.63) is 29.8 Å². The van der Waals surface area contributed by atoms with Gasteiger partial charge in [-0.05, 0) is 44.5 Å². The summed E-state index contributed by atoms with van der Waals surface area (Å²) in [6.45, 7) is 5.90. The Morgan fingerprint density at radius 1 is 1.16 bits per heavy atom. The van der Waals surface area contributed by atoms with Crippen LogP contribution in [0.3, 0.4) is 0 Å². The molecule has 1 atom stereocenters. The SMILES string of the molecule is CCCNC(c1ccc(OC(C)C)cc1)C(F)(F)F. The predicted octanol–water partition coefficient (Wildman–Crippen LogP) is 4.08. The molecule has 0 radical (unpaired) electrons. The summed E-state index contributed by atoms with van der Waals surface area (Å²) in [6.07, 6.45) is -3.64. The third-order valence-corrected chi connectivity index (χ3v) is 2.51. The van der Waals surface area contributed by atoms with Crippen LogP contribution in [0, 0.1) is 0 Å². The zero-order valence-electron chi connectivity index (χ0n) is 11.4. The molecule has 0 saturated heterocycles. The number of halogens is 3. The molecule has 0 amide bonds. The van der Waals surface area contributed by atoms with Gasteiger partial charge in [0.05, 0.1) is 6.10 Å². The van der Waals surface area contributed by atoms with E-state index in [9.17, 15) is 13.2 Å². The van der Waals surface area contributed by atoms with Gasteiger partial charge in [0.2, 0.25) is 0 Å². The summed E-state index contributed by atoms with van der Waals surface area (Å²) in [5, 5.41) is 2.52. The van der Waals surface area contributed by atoms with Crippen LogP contribution in [-0.2, 0) is 0 Å². The number of benzene rings is 1. The van der Waals surface area contributed by atoms with Crippen molar-refractivity contribution >= 4 is 0 Å². The van der Waals surface area contributed by atoms with Crippen molar-refractivity contribution in [3.63, 3.8) is 0 Å². The molecule has 0 saturated carbocycles. The molecule has 1 N–H and O–H groups in total. The first-order valence-corrected chi connectivity index (χ1v) is 6.41. The van der Waals surface area contributed by atoms with Crippen molar-refractivity contribution in [1.29, 1.82) is 0 Å². The van der Waals surface area contributed by atoms with Crippen molar-refractivity contribution in [1.82, 2.24) is 5.32 Å². The molecular formula is C14H20F3NO. The number of hydrogen-bond donors (Lipinski definition) is 1. The molecule has 19 heavy (non-hydrogen) atoms. The van der Waals surface area contributed by atoms with E-state index in [2.05, 4.69) is 5.32 Å². The summed E-state index contributed by atoms with van der Waals surface area (Å²) < 4.78 is 44.3. The summed E-state index contributed by atoms with van der Waals surface area (Å²) in [5.74, 6) is 0.579. The van der Waals surface area contributed by atoms with Gasteiger partial charge < -0.3 is 10.1 Å². The number of rotatable bonds is 6. The first-order chi connectivity index (χ1) is 8.84. The molecule has 2 nitrogen and oxygen atoms in total. The molecule has 108 valence electrons. The minimum Gasteiger partial charge on any atom is -0.491 e. The summed E-state index contributed by atoms with van der Waals surface area (Å²) >= 11 is 0. The molecule has 5 heteroatoms. The van der Waals surface area contributed by atoms with Crippen LogP contribution < -0.4 is 10.1 Å². The van der Waals surface area contributed by atoms with Gasteiger partial charge in [-0.3, -0.25) is 0 Å². The predicted molar refractivity (Wildman–Crippen MR) is 69.3 cm³/mol. The molecule has 0 fully saturated rings. The first kappa shape index (κ1) is 15.8. The van der Waals surface area contributed by atoms with Crippen molar-refractivity contribution in [2.45, 2.75) is 45.5 Å². The molecule has 1 unspecified atom stereocenters. The van der Waals surface area contributed by atoms with E-state index >= 15 is 0 Å². The largest absolute Gasteiger partial charge is 0.491 e. The fourth-order valence-electron chi connectivity index (χ4n) is 1.72. The number of ether oxygens (including phenoxy) is 1. The quantitative estimate of drug-likeness (QED) is 0.844. The van der Waals surface area contributed by atoms with Gasteiger partial charge in [0, 0.05) is 0 Å². The van der Waals surface area contributed by atoms with Gasteiger partial charge in [-0.15, -0.1) is 0 Å². The average molecular weight is 275 g/mol. The Hall–Kier alpha value is -1.23. The van der Waals surface area contributed by atoms with Gasteiger partial charge in [-0.25, -0.2) is 0 Å². The zero-order chi connectivity index (χ0) is 14.5. The van der Waals surface area contributed by atoms with Crippen LogP contribution in [0.5, 0.6) is 5.75 Å². The number of hydrogen-bond acceptors (Lipinski definition) is 2. The second kappa shape index (κ2) is 6.80. The summed E-state index contributed by atoms with van der Waals surface area (Å²) in [4.78, 5) is 0. The van der Waals surface area contributed by atoms with Gasteiger partial charge >= 0.3 is 6.18 Å². The lowest BCUT2D eigenvalue weighted by Gasteiger charge is -2.22. The van der Waals surface area contributed by atoms with E-state index < -0.39 is 12.2 Å². The highest BCUT2D eigenvalue weighted by atomic mass is 19.4. The number of alkyl halides is 3. The van der Waals surface area contributed by atoms with Crippen LogP contribution in [0.15, 0.2) is 24.3 Å². The van der Waals surface area contributed by atoms with Crippen LogP contribution >= 0.6 is 0 Å². The Bertz CT molecular complexity index is 373. The van der Waals surface area contributed by atoms with Crippen molar-refractivity contribution < 1.29 is 17.9 Å². The van der Waals surface area contributed by atoms with E-state index in [-0.39, 0.29) is 11.7 Å². The lowest BCUT2D eigenvalue weighted by Crippen LogP contribution is -2.34. The Morgan fingerprint density at radius 3 is 2.16 bits per heavy atom. The molecule has 0 bridgehead atoms. The average Bonchev–Trinajstić information content (AvgIpc) is 2.29. The van der Waals surface area contributed by atoms with Gasteiger partial charge in [0.1, 0.15) is 11.8 Å². The fourth-order valence-corrected chi connectivity index (χ4v) is 1.72. The molecule has 0 aliphatic carbocycles. The second-order valence-corrected chi connectivity index (χ2v) is 4.66. The van der Waals surface area contributed by atoms with Crippen LogP contribution in [0.4, 0.5) is 13.2 Å². The van der Waals surface area contributed by atoms with Crippen molar-refractivity contribution in [3.8, 4) is 5.75 Å². The summed E-state index contributed by atoms with van der Waals surface area (Å²) in [5.41, 5.74) is 0.206. The molecule has 0 heterocycles. The molecule has 0 spiro atoms. The lowest BCUT2D eigenvalue weighted by atomic mass is 10.1. The Labute approximate surface area is 112 Å². The molecule has 0 aliphatic rings. The molecule has 0 aromatic heterocycles. The Balaban J connectivity index is 2.85. The van der Waals surface area contributed by atoms with E-state index in [0.29, 0.717) is 18.7 Å². The topological polar surface area (TPSA) is 21.3 Å². The van der Waals surface area contributed by atoms with E-state index in [1.165, 1.54) is 12.1 Å². The van der Waals surface area contributed by atoms with Crippen LogP contribution in [0.2, 0.25) is 0 Å². The van der Waals surface area contributed by atoms with Gasteiger partial charge in [-0.1, -0.05) is 19.1 Å². The smallest absolute Gasteiger partial charge is 0.407 e. The third kappa shape index (κ3) is 5.11. The van der Waals surface area contributed by atoms with Crippen LogP contribution in [-0.4, -0.2) is 18.8 Å². The minimum atomic E-state index is -4.30. The van der Waals surface area contributed by atoms with E-state index in [1.54, 1.807) is 12.1 Å². The molecule has 1 aromatic rings. The Kier molecular flexibility index (Phi) is 5.66. The monoisotopic (exact) mass is 275 g/mol. The minimum absolute atomic E-state index is 0.00230. The van der Waals surface area contributed by atoms with Gasteiger partial charge in [0.25, 0.3) is 0 Å². The summed E-state index contributed by atoms with van der Waals surface area (Å²) in [6, 6.07) is 4.43. The molecular weight excluding hydrogens is 255 g/mol. The van der Waals surface area contributed by atoms with Crippen molar-refractivity contribution in [2.75, 3.05) is 6.54 Å². The van der Waals surface area contributed by atoms with Crippen LogP contribution in [0.25, 0.3) is 0 Å². The maximum atomic E-state index is 12.9. The molecule has 1 rings (SSSR count). The van der Waals surface area contributed by atoms with Crippen LogP contribution in [0.1, 0.15) is 38.8 Å². The highest BCUT2D eigenvalue weighted by molar-refractivity contribution is 5.30. The van der Waals surface area contributed by atoms with Gasteiger partial charge in [-0.2, -0.15) is 13.2 Å². The van der Waals surface area contributed by atoms with Gasteiger partial charge in [0.15, 0.2) is 0 Å². The zero-order valence-corrected chi connectivity index (χ0v) is 11.4. The van der Waals surface area contributed by atoms with Crippen molar-refractivity contribution in [2.24, 2.45) is 0 Å². The second-order valence-electron chi connectivity index (χ2n) is 4.66. The molecule has 1 aromatic carbocycles. The normalized spacial score (nSPS) is 13.6. The Morgan fingerprint density at radius 2 is 1.74 bits per heavy atom. The number of nitrogens with one attached hydrogen (secondary N) is 1. The highest BCUT2D eigenvalue weighted by Gasteiger charge is 2.40. The van der Waals surface area contributed by atoms with E-state index in [1.807, 2.05) is 20.8 Å². The van der Waals surface area contributed by atoms with E-state index in [0.717, 1.165) is 0 Å². The first-order valence-electron chi connectivity index (χ1n) is 6.41. The standard InChI is InChI=1S/C14H20F3NO/c1-4-9-18-13(14(15,16)17)11-5-7-12(8-6-11)19-10(2)3/h5-8,10,13,18H,4,9H2,1-3H3. The lowest BCUT2D eigenvalue weighted by molar-refractivity contribution is -0.157. The third-order valence-electron chi connectivity index (χ3n) is 2.51. The maximum absolute atomic E-state index is 12.9. The highest BCUT2D eigenvalue weighted by Crippen LogP contribution is 2.33. The summed E-state index contributed by atoms with van der Waals surface area (Å²) in [7, 11) is 0.